The zero-order valence-corrected chi connectivity index (χ0v) is 11.3. The molecule has 0 aliphatic heterocycles. The van der Waals surface area contributed by atoms with Gasteiger partial charge in [-0.3, -0.25) is 0 Å². The minimum atomic E-state index is 0.150. The van der Waals surface area contributed by atoms with E-state index in [2.05, 4.69) is 26.2 Å². The molecule has 1 aliphatic rings. The van der Waals surface area contributed by atoms with Crippen LogP contribution < -0.4 is 5.32 Å². The Morgan fingerprint density at radius 2 is 1.88 bits per heavy atom. The Bertz CT molecular complexity index is 176. The Morgan fingerprint density at radius 3 is 2.38 bits per heavy atom. The van der Waals surface area contributed by atoms with Crippen LogP contribution in [0.3, 0.4) is 0 Å². The second kappa shape index (κ2) is 7.29. The molecule has 1 saturated carbocycles. The van der Waals surface area contributed by atoms with Crippen LogP contribution in [0.5, 0.6) is 0 Å². The first-order chi connectivity index (χ1) is 7.79. The predicted molar refractivity (Wildman–Crippen MR) is 69.8 cm³/mol. The third kappa shape index (κ3) is 3.46. The van der Waals surface area contributed by atoms with Crippen molar-refractivity contribution in [2.45, 2.75) is 76.9 Å². The van der Waals surface area contributed by atoms with E-state index in [0.717, 1.165) is 6.61 Å². The Kier molecular flexibility index (Phi) is 6.37. The zero-order valence-electron chi connectivity index (χ0n) is 11.3. The van der Waals surface area contributed by atoms with Crippen LogP contribution in [0.4, 0.5) is 0 Å². The van der Waals surface area contributed by atoms with Crippen molar-refractivity contribution in [2.75, 3.05) is 13.7 Å². The molecule has 0 radical (unpaired) electrons. The van der Waals surface area contributed by atoms with Crippen LogP contribution in [0.2, 0.25) is 0 Å². The van der Waals surface area contributed by atoms with E-state index in [1.54, 1.807) is 0 Å². The van der Waals surface area contributed by atoms with Crippen LogP contribution in [0.25, 0.3) is 0 Å². The summed E-state index contributed by atoms with van der Waals surface area (Å²) in [4.78, 5) is 0. The van der Waals surface area contributed by atoms with Gasteiger partial charge in [0.2, 0.25) is 0 Å². The van der Waals surface area contributed by atoms with Crippen LogP contribution >= 0.6 is 0 Å². The first kappa shape index (κ1) is 14.0. The van der Waals surface area contributed by atoms with E-state index in [1.165, 1.54) is 51.4 Å². The Hall–Kier alpha value is -0.0800. The molecule has 0 spiro atoms. The molecule has 96 valence electrons. The molecule has 0 saturated heterocycles. The van der Waals surface area contributed by atoms with Crippen molar-refractivity contribution in [2.24, 2.45) is 0 Å². The van der Waals surface area contributed by atoms with Gasteiger partial charge in [0, 0.05) is 12.6 Å². The van der Waals surface area contributed by atoms with Gasteiger partial charge in [-0.05, 0) is 33.2 Å². The Labute approximate surface area is 101 Å². The summed E-state index contributed by atoms with van der Waals surface area (Å²) in [6.07, 6.45) is 10.4. The number of unbranched alkanes of at least 4 members (excludes halogenated alkanes) is 2. The van der Waals surface area contributed by atoms with E-state index in [-0.39, 0.29) is 5.60 Å². The normalized spacial score (nSPS) is 21.2. The molecule has 0 aromatic carbocycles. The average Bonchev–Trinajstić information content (AvgIpc) is 2.74. The van der Waals surface area contributed by atoms with Gasteiger partial charge in [0.1, 0.15) is 0 Å². The third-order valence-electron chi connectivity index (χ3n) is 3.96. The fourth-order valence-electron chi connectivity index (χ4n) is 3.12. The second-order valence-corrected chi connectivity index (χ2v) is 5.04. The molecule has 1 rings (SSSR count). The molecule has 16 heavy (non-hydrogen) atoms. The van der Waals surface area contributed by atoms with E-state index in [0.29, 0.717) is 6.04 Å². The fourth-order valence-corrected chi connectivity index (χ4v) is 3.12. The number of ether oxygens (including phenoxy) is 1. The lowest BCUT2D eigenvalue weighted by Crippen LogP contribution is -2.49. The lowest BCUT2D eigenvalue weighted by molar-refractivity contribution is -0.0620. The van der Waals surface area contributed by atoms with Crippen molar-refractivity contribution in [1.82, 2.24) is 5.32 Å². The molecule has 1 fully saturated rings. The van der Waals surface area contributed by atoms with Crippen LogP contribution in [-0.2, 0) is 4.74 Å². The number of hydrogen-bond acceptors (Lipinski definition) is 2. The highest BCUT2D eigenvalue weighted by molar-refractivity contribution is 4.96. The fraction of sp³-hybridized carbons (Fsp3) is 1.00. The van der Waals surface area contributed by atoms with Crippen molar-refractivity contribution in [3.05, 3.63) is 0 Å². The van der Waals surface area contributed by atoms with Gasteiger partial charge in [0.15, 0.2) is 0 Å². The largest absolute Gasteiger partial charge is 0.374 e. The number of hydrogen-bond donors (Lipinski definition) is 1. The predicted octanol–water partition coefficient (Wildman–Crippen LogP) is 3.50. The maximum absolute atomic E-state index is 6.11. The monoisotopic (exact) mass is 227 g/mol. The number of rotatable bonds is 8. The van der Waals surface area contributed by atoms with Gasteiger partial charge in [-0.15, -0.1) is 0 Å². The molecule has 1 N–H and O–H groups in total. The van der Waals surface area contributed by atoms with E-state index in [4.69, 9.17) is 4.74 Å². The zero-order chi connectivity index (χ0) is 11.9. The van der Waals surface area contributed by atoms with Gasteiger partial charge in [0.25, 0.3) is 0 Å². The standard InChI is InChI=1S/C14H29NO/c1-4-6-7-10-13(15-3)14(16-5-2)11-8-9-12-14/h13,15H,4-12H2,1-3H3. The van der Waals surface area contributed by atoms with Crippen molar-refractivity contribution in [3.8, 4) is 0 Å². The van der Waals surface area contributed by atoms with Crippen LogP contribution in [0, 0.1) is 0 Å². The molecular weight excluding hydrogens is 198 g/mol. The second-order valence-electron chi connectivity index (χ2n) is 5.04. The highest BCUT2D eigenvalue weighted by Crippen LogP contribution is 2.37. The smallest absolute Gasteiger partial charge is 0.0834 e. The molecule has 1 unspecified atom stereocenters. The van der Waals surface area contributed by atoms with Gasteiger partial charge in [-0.2, -0.15) is 0 Å². The molecule has 0 bridgehead atoms. The summed E-state index contributed by atoms with van der Waals surface area (Å²) in [5, 5.41) is 3.50. The maximum Gasteiger partial charge on any atom is 0.0834 e. The molecule has 1 atom stereocenters. The lowest BCUT2D eigenvalue weighted by atomic mass is 9.88. The van der Waals surface area contributed by atoms with Crippen molar-refractivity contribution >= 4 is 0 Å². The summed E-state index contributed by atoms with van der Waals surface area (Å²) in [5.74, 6) is 0. The van der Waals surface area contributed by atoms with Gasteiger partial charge >= 0.3 is 0 Å². The first-order valence-electron chi connectivity index (χ1n) is 7.10. The summed E-state index contributed by atoms with van der Waals surface area (Å²) in [5.41, 5.74) is 0.150. The van der Waals surface area contributed by atoms with E-state index in [9.17, 15) is 0 Å². The topological polar surface area (TPSA) is 21.3 Å². The van der Waals surface area contributed by atoms with Crippen molar-refractivity contribution < 1.29 is 4.74 Å². The van der Waals surface area contributed by atoms with Crippen LogP contribution in [0.15, 0.2) is 0 Å². The van der Waals surface area contributed by atoms with E-state index < -0.39 is 0 Å². The summed E-state index contributed by atoms with van der Waals surface area (Å²) < 4.78 is 6.11. The Balaban J connectivity index is 2.51. The maximum atomic E-state index is 6.11. The highest BCUT2D eigenvalue weighted by Gasteiger charge is 2.40. The van der Waals surface area contributed by atoms with E-state index >= 15 is 0 Å². The molecule has 0 aromatic rings. The van der Waals surface area contributed by atoms with E-state index in [1.807, 2.05) is 0 Å². The SMILES string of the molecule is CCCCCC(NC)C1(OCC)CCCC1. The third-order valence-corrected chi connectivity index (χ3v) is 3.96. The quantitative estimate of drug-likeness (QED) is 0.641. The van der Waals surface area contributed by atoms with Crippen LogP contribution in [0.1, 0.15) is 65.2 Å². The van der Waals surface area contributed by atoms with Gasteiger partial charge in [-0.25, -0.2) is 0 Å². The molecule has 2 nitrogen and oxygen atoms in total. The molecular formula is C14H29NO. The lowest BCUT2D eigenvalue weighted by Gasteiger charge is -2.37. The summed E-state index contributed by atoms with van der Waals surface area (Å²) in [6, 6.07) is 0.557. The minimum absolute atomic E-state index is 0.150. The van der Waals surface area contributed by atoms with Crippen molar-refractivity contribution in [1.29, 1.82) is 0 Å². The number of likely N-dealkylation sites (N-methyl/N-ethyl adjacent to an activating group) is 1. The average molecular weight is 227 g/mol. The van der Waals surface area contributed by atoms with Gasteiger partial charge < -0.3 is 10.1 Å². The summed E-state index contributed by atoms with van der Waals surface area (Å²) >= 11 is 0. The van der Waals surface area contributed by atoms with Gasteiger partial charge in [-0.1, -0.05) is 39.0 Å². The van der Waals surface area contributed by atoms with Crippen molar-refractivity contribution in [3.63, 3.8) is 0 Å². The minimum Gasteiger partial charge on any atom is -0.374 e. The molecule has 1 aliphatic carbocycles. The molecule has 2 heteroatoms. The summed E-state index contributed by atoms with van der Waals surface area (Å²) in [6.45, 7) is 5.24. The Morgan fingerprint density at radius 1 is 1.19 bits per heavy atom. The molecule has 0 heterocycles. The highest BCUT2D eigenvalue weighted by atomic mass is 16.5. The first-order valence-corrected chi connectivity index (χ1v) is 7.10. The molecule has 0 amide bonds. The molecule has 0 aromatic heterocycles. The van der Waals surface area contributed by atoms with Gasteiger partial charge in [0.05, 0.1) is 5.60 Å². The summed E-state index contributed by atoms with van der Waals surface area (Å²) in [7, 11) is 2.09. The number of nitrogens with one attached hydrogen (secondary N) is 1. The van der Waals surface area contributed by atoms with Crippen LogP contribution in [-0.4, -0.2) is 25.3 Å².